The number of benzene rings is 1. The molecule has 0 fully saturated rings. The topological polar surface area (TPSA) is 127 Å². The molecule has 0 saturated carbocycles. The van der Waals surface area contributed by atoms with E-state index >= 15 is 0 Å². The van der Waals surface area contributed by atoms with Crippen molar-refractivity contribution < 1.29 is 18.9 Å². The number of furan rings is 1. The predicted molar refractivity (Wildman–Crippen MR) is 131 cm³/mol. The Bertz CT molecular complexity index is 1210. The van der Waals surface area contributed by atoms with Crippen molar-refractivity contribution in [3.63, 3.8) is 0 Å². The SMILES string of the molecule is Cc1cc(-c2ccc(/C=N/NC(=O)[C@@H](NC(=O)Cc3cccs3)C(C)C)o2)cc([N+](=O)[O-])c1C. The molecule has 0 radical (unpaired) electrons. The fourth-order valence-corrected chi connectivity index (χ4v) is 4.01. The minimum atomic E-state index is -0.743. The van der Waals surface area contributed by atoms with Gasteiger partial charge in [0.15, 0.2) is 0 Å². The summed E-state index contributed by atoms with van der Waals surface area (Å²) >= 11 is 1.48. The Morgan fingerprint density at radius 1 is 1.24 bits per heavy atom. The molecule has 34 heavy (non-hydrogen) atoms. The smallest absolute Gasteiger partial charge is 0.273 e. The molecule has 2 aromatic heterocycles. The maximum atomic E-state index is 12.6. The Morgan fingerprint density at radius 3 is 2.65 bits per heavy atom. The van der Waals surface area contributed by atoms with Crippen LogP contribution in [0.25, 0.3) is 11.3 Å². The van der Waals surface area contributed by atoms with Crippen LogP contribution in [0.1, 0.15) is 35.6 Å². The van der Waals surface area contributed by atoms with Crippen molar-refractivity contribution in [1.29, 1.82) is 0 Å². The molecule has 0 saturated heterocycles. The van der Waals surface area contributed by atoms with Crippen molar-refractivity contribution in [2.24, 2.45) is 11.0 Å². The molecule has 9 nitrogen and oxygen atoms in total. The summed E-state index contributed by atoms with van der Waals surface area (Å²) in [5.74, 6) is -0.0158. The molecule has 0 spiro atoms. The third-order valence-electron chi connectivity index (χ3n) is 5.29. The molecule has 3 aromatic rings. The van der Waals surface area contributed by atoms with Gasteiger partial charge in [-0.2, -0.15) is 5.10 Å². The second-order valence-electron chi connectivity index (χ2n) is 8.18. The number of nitrogens with one attached hydrogen (secondary N) is 2. The van der Waals surface area contributed by atoms with Gasteiger partial charge >= 0.3 is 0 Å². The summed E-state index contributed by atoms with van der Waals surface area (Å²) < 4.78 is 5.72. The molecular weight excluding hydrogens is 456 g/mol. The van der Waals surface area contributed by atoms with Gasteiger partial charge in [-0.3, -0.25) is 19.7 Å². The molecule has 3 rings (SSSR count). The highest BCUT2D eigenvalue weighted by molar-refractivity contribution is 7.10. The molecule has 0 aliphatic carbocycles. The number of nitro benzene ring substituents is 1. The van der Waals surface area contributed by atoms with Gasteiger partial charge in [-0.1, -0.05) is 19.9 Å². The van der Waals surface area contributed by atoms with Gasteiger partial charge in [0.25, 0.3) is 11.6 Å². The molecule has 0 aliphatic rings. The van der Waals surface area contributed by atoms with Gasteiger partial charge in [-0.25, -0.2) is 5.43 Å². The molecule has 2 N–H and O–H groups in total. The van der Waals surface area contributed by atoms with Crippen LogP contribution in [0.2, 0.25) is 0 Å². The van der Waals surface area contributed by atoms with Crippen LogP contribution in [0, 0.1) is 29.9 Å². The van der Waals surface area contributed by atoms with Crippen LogP contribution in [0.3, 0.4) is 0 Å². The first-order valence-electron chi connectivity index (χ1n) is 10.7. The van der Waals surface area contributed by atoms with E-state index in [1.165, 1.54) is 23.6 Å². The molecule has 10 heteroatoms. The van der Waals surface area contributed by atoms with Crippen LogP contribution in [-0.4, -0.2) is 29.0 Å². The number of carbonyl (C=O) groups is 2. The molecule has 1 aromatic carbocycles. The summed E-state index contributed by atoms with van der Waals surface area (Å²) in [5.41, 5.74) is 4.42. The zero-order chi connectivity index (χ0) is 24.8. The lowest BCUT2D eigenvalue weighted by Crippen LogP contribution is -2.49. The third kappa shape index (κ3) is 6.16. The molecule has 2 amide bonds. The molecule has 1 atom stereocenters. The zero-order valence-electron chi connectivity index (χ0n) is 19.3. The van der Waals surface area contributed by atoms with Gasteiger partial charge in [0, 0.05) is 22.1 Å². The maximum absolute atomic E-state index is 12.6. The minimum absolute atomic E-state index is 0.0229. The van der Waals surface area contributed by atoms with E-state index in [9.17, 15) is 19.7 Å². The molecule has 0 bridgehead atoms. The van der Waals surface area contributed by atoms with Crippen LogP contribution in [-0.2, 0) is 16.0 Å². The first-order chi connectivity index (χ1) is 16.2. The Kier molecular flexibility index (Phi) is 7.95. The highest BCUT2D eigenvalue weighted by Gasteiger charge is 2.24. The van der Waals surface area contributed by atoms with Crippen LogP contribution < -0.4 is 10.7 Å². The largest absolute Gasteiger partial charge is 0.455 e. The summed E-state index contributed by atoms with van der Waals surface area (Å²) in [6.07, 6.45) is 1.55. The van der Waals surface area contributed by atoms with Crippen LogP contribution in [0.4, 0.5) is 5.69 Å². The second-order valence-corrected chi connectivity index (χ2v) is 9.21. The highest BCUT2D eigenvalue weighted by Crippen LogP contribution is 2.30. The highest BCUT2D eigenvalue weighted by atomic mass is 32.1. The molecule has 0 unspecified atom stereocenters. The number of thiophene rings is 1. The number of hydrogen-bond acceptors (Lipinski definition) is 7. The standard InChI is InChI=1S/C24H26N4O5S/c1-14(2)23(26-22(29)12-19-6-5-9-34-19)24(30)27-25-13-18-7-8-21(33-18)17-10-15(3)16(4)20(11-17)28(31)32/h5-11,13-14,23H,12H2,1-4H3,(H,26,29)(H,27,30)/b25-13+/t23-/m0/s1. The monoisotopic (exact) mass is 482 g/mol. The first kappa shape index (κ1) is 24.8. The molecular formula is C24H26N4O5S. The van der Waals surface area contributed by atoms with Gasteiger partial charge in [0.2, 0.25) is 5.91 Å². The number of hydrogen-bond donors (Lipinski definition) is 2. The van der Waals surface area contributed by atoms with Crippen molar-refractivity contribution in [3.8, 4) is 11.3 Å². The molecule has 0 aliphatic heterocycles. The summed E-state index contributed by atoms with van der Waals surface area (Å²) in [5, 5.41) is 19.9. The summed E-state index contributed by atoms with van der Waals surface area (Å²) in [4.78, 5) is 36.7. The van der Waals surface area contributed by atoms with Gasteiger partial charge in [0.05, 0.1) is 17.6 Å². The number of nitro groups is 1. The Labute approximate surface area is 201 Å². The van der Waals surface area contributed by atoms with Crippen molar-refractivity contribution in [1.82, 2.24) is 10.7 Å². The van der Waals surface area contributed by atoms with Crippen molar-refractivity contribution in [3.05, 3.63) is 73.7 Å². The van der Waals surface area contributed by atoms with Gasteiger partial charge in [0.1, 0.15) is 17.6 Å². The van der Waals surface area contributed by atoms with Crippen LogP contribution in [0.15, 0.2) is 51.3 Å². The number of carbonyl (C=O) groups excluding carboxylic acids is 2. The quantitative estimate of drug-likeness (QED) is 0.266. The normalized spacial score (nSPS) is 12.1. The van der Waals surface area contributed by atoms with E-state index in [1.54, 1.807) is 26.0 Å². The van der Waals surface area contributed by atoms with E-state index in [-0.39, 0.29) is 23.9 Å². The maximum Gasteiger partial charge on any atom is 0.273 e. The van der Waals surface area contributed by atoms with Gasteiger partial charge < -0.3 is 9.73 Å². The number of hydrazone groups is 1. The average molecular weight is 483 g/mol. The third-order valence-corrected chi connectivity index (χ3v) is 6.17. The lowest BCUT2D eigenvalue weighted by atomic mass is 10.0. The van der Waals surface area contributed by atoms with E-state index in [0.29, 0.717) is 22.6 Å². The van der Waals surface area contributed by atoms with E-state index in [2.05, 4.69) is 15.8 Å². The lowest BCUT2D eigenvalue weighted by molar-refractivity contribution is -0.385. The fraction of sp³-hybridized carbons (Fsp3) is 0.292. The van der Waals surface area contributed by atoms with Crippen LogP contribution in [0.5, 0.6) is 0 Å². The van der Waals surface area contributed by atoms with Gasteiger partial charge in [-0.05, 0) is 55.0 Å². The number of nitrogens with zero attached hydrogens (tertiary/aromatic N) is 2. The fourth-order valence-electron chi connectivity index (χ4n) is 3.31. The van der Waals surface area contributed by atoms with E-state index in [4.69, 9.17) is 4.42 Å². The van der Waals surface area contributed by atoms with E-state index in [0.717, 1.165) is 10.4 Å². The Balaban J connectivity index is 1.64. The Morgan fingerprint density at radius 2 is 2.00 bits per heavy atom. The van der Waals surface area contributed by atoms with Crippen LogP contribution >= 0.6 is 11.3 Å². The molecule has 178 valence electrons. The van der Waals surface area contributed by atoms with Crippen molar-refractivity contribution in [2.75, 3.05) is 0 Å². The van der Waals surface area contributed by atoms with Crippen molar-refractivity contribution >= 4 is 35.1 Å². The number of rotatable bonds is 9. The van der Waals surface area contributed by atoms with E-state index in [1.807, 2.05) is 37.4 Å². The first-order valence-corrected chi connectivity index (χ1v) is 11.5. The number of amides is 2. The summed E-state index contributed by atoms with van der Waals surface area (Å²) in [6.45, 7) is 7.17. The summed E-state index contributed by atoms with van der Waals surface area (Å²) in [6, 6.07) is 9.61. The second kappa shape index (κ2) is 10.9. The van der Waals surface area contributed by atoms with Gasteiger partial charge in [-0.15, -0.1) is 11.3 Å². The van der Waals surface area contributed by atoms with Crippen molar-refractivity contribution in [2.45, 2.75) is 40.2 Å². The average Bonchev–Trinajstić information content (AvgIpc) is 3.45. The van der Waals surface area contributed by atoms with E-state index < -0.39 is 16.9 Å². The molecule has 2 heterocycles. The zero-order valence-corrected chi connectivity index (χ0v) is 20.1. The summed E-state index contributed by atoms with van der Waals surface area (Å²) in [7, 11) is 0. The number of aryl methyl sites for hydroxylation is 1. The minimum Gasteiger partial charge on any atom is -0.455 e. The lowest BCUT2D eigenvalue weighted by Gasteiger charge is -2.20. The predicted octanol–water partition coefficient (Wildman–Crippen LogP) is 4.37. The Hall–Kier alpha value is -3.79.